The van der Waals surface area contributed by atoms with Crippen molar-refractivity contribution in [1.29, 1.82) is 0 Å². The summed E-state index contributed by atoms with van der Waals surface area (Å²) in [5.41, 5.74) is 0. The number of hydrogen-bond acceptors (Lipinski definition) is 4. The Morgan fingerprint density at radius 3 is 0.412 bits per heavy atom. The summed E-state index contributed by atoms with van der Waals surface area (Å²) in [4.78, 5) is 0. The first-order valence-electron chi connectivity index (χ1n) is 5.56. The van der Waals surface area contributed by atoms with Gasteiger partial charge in [0.25, 0.3) is 0 Å². The molecule has 17 heavy (non-hydrogen) atoms. The SMILES string of the molecule is CC(C)[O-].CC(C)[O-].CC(C)[O-].CC(C)[O-].[Nb+4]. The van der Waals surface area contributed by atoms with Crippen molar-refractivity contribution in [2.75, 3.05) is 0 Å². The molecule has 0 saturated carbocycles. The molecular formula is C12H28NbO4. The third-order valence-corrected chi connectivity index (χ3v) is 0. The Morgan fingerprint density at radius 1 is 0.412 bits per heavy atom. The maximum atomic E-state index is 9.53. The Bertz CT molecular complexity index is 61.5. The van der Waals surface area contributed by atoms with Gasteiger partial charge in [0, 0.05) is 0 Å². The van der Waals surface area contributed by atoms with Crippen LogP contribution in [0.4, 0.5) is 0 Å². The fraction of sp³-hybridized carbons (Fsp3) is 1.00. The second kappa shape index (κ2) is 25.4. The maximum absolute atomic E-state index is 9.53. The van der Waals surface area contributed by atoms with Crippen LogP contribution in [0.25, 0.3) is 0 Å². The Hall–Kier alpha value is 0.580. The monoisotopic (exact) mass is 329 g/mol. The zero-order valence-electron chi connectivity index (χ0n) is 12.4. The molecule has 0 aromatic carbocycles. The average molecular weight is 329 g/mol. The van der Waals surface area contributed by atoms with Crippen LogP contribution in [0.15, 0.2) is 0 Å². The maximum Gasteiger partial charge on any atom is 4.00 e. The molecule has 0 aliphatic heterocycles. The molecule has 0 rings (SSSR count). The van der Waals surface area contributed by atoms with E-state index in [-0.39, 0.29) is 22.4 Å². The van der Waals surface area contributed by atoms with Gasteiger partial charge in [-0.3, -0.25) is 0 Å². The number of rotatable bonds is 0. The van der Waals surface area contributed by atoms with E-state index >= 15 is 0 Å². The molecule has 0 N–H and O–H groups in total. The third-order valence-electron chi connectivity index (χ3n) is 0. The molecule has 0 aromatic rings. The molecule has 0 aromatic heterocycles. The summed E-state index contributed by atoms with van der Waals surface area (Å²) in [6.07, 6.45) is -1.67. The molecule has 1 radical (unpaired) electrons. The van der Waals surface area contributed by atoms with E-state index in [0.29, 0.717) is 0 Å². The summed E-state index contributed by atoms with van der Waals surface area (Å²) >= 11 is 0. The van der Waals surface area contributed by atoms with Crippen LogP contribution in [0.3, 0.4) is 0 Å². The summed E-state index contributed by atoms with van der Waals surface area (Å²) in [5, 5.41) is 38.1. The quantitative estimate of drug-likeness (QED) is 0.534. The minimum absolute atomic E-state index is 0. The normalized spacial score (nSPS) is 8.47. The van der Waals surface area contributed by atoms with Gasteiger partial charge >= 0.3 is 22.4 Å². The fourth-order valence-corrected chi connectivity index (χ4v) is 0. The van der Waals surface area contributed by atoms with E-state index in [1.54, 1.807) is 55.4 Å². The van der Waals surface area contributed by atoms with Crippen molar-refractivity contribution in [2.24, 2.45) is 0 Å². The number of hydrogen-bond donors (Lipinski definition) is 0. The van der Waals surface area contributed by atoms with Gasteiger partial charge in [-0.1, -0.05) is 55.4 Å². The van der Waals surface area contributed by atoms with Crippen molar-refractivity contribution < 1.29 is 42.8 Å². The van der Waals surface area contributed by atoms with Crippen LogP contribution in [-0.4, -0.2) is 24.4 Å². The van der Waals surface area contributed by atoms with E-state index in [0.717, 1.165) is 0 Å². The second-order valence-corrected chi connectivity index (χ2v) is 4.20. The Kier molecular flexibility index (Phi) is 45.7. The summed E-state index contributed by atoms with van der Waals surface area (Å²) < 4.78 is 0. The van der Waals surface area contributed by atoms with Crippen molar-refractivity contribution in [3.05, 3.63) is 0 Å². The zero-order chi connectivity index (χ0) is 14.3. The van der Waals surface area contributed by atoms with E-state index in [2.05, 4.69) is 0 Å². The van der Waals surface area contributed by atoms with Crippen molar-refractivity contribution in [3.8, 4) is 0 Å². The molecule has 5 heteroatoms. The summed E-state index contributed by atoms with van der Waals surface area (Å²) in [5.74, 6) is 0. The van der Waals surface area contributed by atoms with Gasteiger partial charge in [0.1, 0.15) is 0 Å². The molecule has 0 heterocycles. The molecule has 0 aliphatic carbocycles. The van der Waals surface area contributed by atoms with Gasteiger partial charge in [0.15, 0.2) is 0 Å². The van der Waals surface area contributed by atoms with Gasteiger partial charge in [0.05, 0.1) is 0 Å². The summed E-state index contributed by atoms with van der Waals surface area (Å²) in [7, 11) is 0. The smallest absolute Gasteiger partial charge is 0.852 e. The van der Waals surface area contributed by atoms with Crippen LogP contribution in [0.2, 0.25) is 0 Å². The molecule has 0 spiro atoms. The fourth-order valence-electron chi connectivity index (χ4n) is 0. The largest absolute Gasteiger partial charge is 4.00 e. The van der Waals surface area contributed by atoms with Gasteiger partial charge < -0.3 is 20.4 Å². The van der Waals surface area contributed by atoms with Crippen LogP contribution < -0.4 is 20.4 Å². The van der Waals surface area contributed by atoms with Crippen LogP contribution >= 0.6 is 0 Å². The van der Waals surface area contributed by atoms with Crippen molar-refractivity contribution >= 4 is 0 Å². The van der Waals surface area contributed by atoms with Gasteiger partial charge in [-0.15, -0.1) is 24.4 Å². The average Bonchev–Trinajstić information content (AvgIpc) is 1.76. The molecule has 4 nitrogen and oxygen atoms in total. The van der Waals surface area contributed by atoms with E-state index in [1.807, 2.05) is 0 Å². The van der Waals surface area contributed by atoms with Crippen molar-refractivity contribution in [1.82, 2.24) is 0 Å². The van der Waals surface area contributed by atoms with Gasteiger partial charge in [-0.25, -0.2) is 0 Å². The Balaban J connectivity index is -0.0000000369. The molecule has 0 aliphatic rings. The van der Waals surface area contributed by atoms with Crippen LogP contribution in [0.5, 0.6) is 0 Å². The Labute approximate surface area is 123 Å². The molecule has 0 fully saturated rings. The molecule has 105 valence electrons. The molecule has 0 unspecified atom stereocenters. The molecular weight excluding hydrogens is 301 g/mol. The summed E-state index contributed by atoms with van der Waals surface area (Å²) in [6.45, 7) is 12.9. The standard InChI is InChI=1S/4C3H7O.Nb/c4*1-3(2)4;/h4*3H,1-2H3;/q4*-1;+4. The second-order valence-electron chi connectivity index (χ2n) is 4.20. The van der Waals surface area contributed by atoms with Crippen LogP contribution in [0.1, 0.15) is 55.4 Å². The van der Waals surface area contributed by atoms with E-state index < -0.39 is 24.4 Å². The first kappa shape index (κ1) is 30.5. The molecule has 0 amide bonds. The predicted octanol–water partition coefficient (Wildman–Crippen LogP) is -0.982. The van der Waals surface area contributed by atoms with Crippen LogP contribution in [-0.2, 0) is 22.4 Å². The molecule has 0 atom stereocenters. The van der Waals surface area contributed by atoms with Crippen molar-refractivity contribution in [3.63, 3.8) is 0 Å². The van der Waals surface area contributed by atoms with Gasteiger partial charge in [0.2, 0.25) is 0 Å². The van der Waals surface area contributed by atoms with E-state index in [1.165, 1.54) is 0 Å². The first-order valence-corrected chi connectivity index (χ1v) is 5.56. The Morgan fingerprint density at radius 2 is 0.412 bits per heavy atom. The predicted molar refractivity (Wildman–Crippen MR) is 60.5 cm³/mol. The van der Waals surface area contributed by atoms with Gasteiger partial charge in [-0.2, -0.15) is 0 Å². The first-order chi connectivity index (χ1) is 6.93. The minimum Gasteiger partial charge on any atom is -0.852 e. The van der Waals surface area contributed by atoms with E-state index in [9.17, 15) is 20.4 Å². The van der Waals surface area contributed by atoms with Gasteiger partial charge in [-0.05, 0) is 0 Å². The summed E-state index contributed by atoms with van der Waals surface area (Å²) in [6, 6.07) is 0. The van der Waals surface area contributed by atoms with Crippen LogP contribution in [0, 0.1) is 0 Å². The molecule has 0 bridgehead atoms. The third kappa shape index (κ3) is 10500. The minimum atomic E-state index is -0.417. The molecule has 0 saturated heterocycles. The van der Waals surface area contributed by atoms with E-state index in [4.69, 9.17) is 0 Å². The topological polar surface area (TPSA) is 92.2 Å². The van der Waals surface area contributed by atoms with Crippen molar-refractivity contribution in [2.45, 2.75) is 79.8 Å². The zero-order valence-corrected chi connectivity index (χ0v) is 14.6.